The molecule has 0 saturated carbocycles. The second-order valence-corrected chi connectivity index (χ2v) is 6.38. The number of halogens is 1. The van der Waals surface area contributed by atoms with Gasteiger partial charge in [-0.25, -0.2) is 0 Å². The Morgan fingerprint density at radius 1 is 1.05 bits per heavy atom. The average molecular weight is 322 g/mol. The van der Waals surface area contributed by atoms with Crippen LogP contribution in [0.5, 0.6) is 0 Å². The van der Waals surface area contributed by atoms with Crippen LogP contribution in [-0.2, 0) is 4.74 Å². The van der Waals surface area contributed by atoms with Crippen LogP contribution in [-0.4, -0.2) is 18.8 Å². The topological polar surface area (TPSA) is 21.3 Å². The lowest BCUT2D eigenvalue weighted by molar-refractivity contribution is 0.00334. The molecule has 0 aliphatic rings. The van der Waals surface area contributed by atoms with Gasteiger partial charge in [0, 0.05) is 22.1 Å². The largest absolute Gasteiger partial charge is 0.382 e. The fraction of sp³-hybridized carbons (Fsp3) is 0.375. The van der Waals surface area contributed by atoms with Crippen molar-refractivity contribution in [2.75, 3.05) is 18.5 Å². The summed E-state index contributed by atoms with van der Waals surface area (Å²) in [7, 11) is 0. The van der Waals surface area contributed by atoms with Gasteiger partial charge < -0.3 is 10.1 Å². The highest BCUT2D eigenvalue weighted by Gasteiger charge is 2.09. The molecule has 1 N–H and O–H groups in total. The predicted molar refractivity (Wildman–Crippen MR) is 85.8 cm³/mol. The summed E-state index contributed by atoms with van der Waals surface area (Å²) < 4.78 is 6.84. The lowest BCUT2D eigenvalue weighted by Gasteiger charge is -2.20. The third-order valence-corrected chi connectivity index (χ3v) is 3.51. The van der Waals surface area contributed by atoms with Gasteiger partial charge in [-0.15, -0.1) is 0 Å². The monoisotopic (exact) mass is 321 g/mol. The Kier molecular flexibility index (Phi) is 4.48. The fourth-order valence-electron chi connectivity index (χ4n) is 1.96. The van der Waals surface area contributed by atoms with Crippen LogP contribution in [0.1, 0.15) is 20.8 Å². The van der Waals surface area contributed by atoms with Crippen LogP contribution in [0.2, 0.25) is 0 Å². The van der Waals surface area contributed by atoms with Gasteiger partial charge >= 0.3 is 0 Å². The first kappa shape index (κ1) is 14.4. The first-order valence-electron chi connectivity index (χ1n) is 6.52. The van der Waals surface area contributed by atoms with Gasteiger partial charge in [0.2, 0.25) is 0 Å². The van der Waals surface area contributed by atoms with Gasteiger partial charge in [0.1, 0.15) is 0 Å². The number of benzene rings is 2. The molecule has 0 bridgehead atoms. The van der Waals surface area contributed by atoms with E-state index >= 15 is 0 Å². The van der Waals surface area contributed by atoms with Gasteiger partial charge in [-0.2, -0.15) is 0 Å². The third-order valence-electron chi connectivity index (χ3n) is 2.82. The molecule has 0 aliphatic heterocycles. The molecule has 2 aromatic rings. The molecule has 3 heteroatoms. The smallest absolute Gasteiger partial charge is 0.0646 e. The number of fused-ring (bicyclic) bond motifs is 1. The zero-order valence-corrected chi connectivity index (χ0v) is 13.3. The Morgan fingerprint density at radius 2 is 1.74 bits per heavy atom. The van der Waals surface area contributed by atoms with Crippen LogP contribution < -0.4 is 5.32 Å². The molecule has 2 rings (SSSR count). The summed E-state index contributed by atoms with van der Waals surface area (Å²) in [6, 6.07) is 12.5. The number of nitrogens with one attached hydrogen (secondary N) is 1. The molecular weight excluding hydrogens is 302 g/mol. The van der Waals surface area contributed by atoms with Crippen molar-refractivity contribution in [3.05, 3.63) is 40.9 Å². The third kappa shape index (κ3) is 3.95. The van der Waals surface area contributed by atoms with Crippen molar-refractivity contribution in [3.8, 4) is 0 Å². The Balaban J connectivity index is 2.07. The van der Waals surface area contributed by atoms with E-state index in [1.54, 1.807) is 0 Å². The minimum absolute atomic E-state index is 0.0799. The number of ether oxygens (including phenoxy) is 1. The zero-order valence-electron chi connectivity index (χ0n) is 11.7. The van der Waals surface area contributed by atoms with Gasteiger partial charge in [0.05, 0.1) is 12.2 Å². The Labute approximate surface area is 123 Å². The molecule has 0 spiro atoms. The molecule has 0 amide bonds. The molecule has 2 aromatic carbocycles. The van der Waals surface area contributed by atoms with Crippen LogP contribution in [0.15, 0.2) is 40.9 Å². The average Bonchev–Trinajstić information content (AvgIpc) is 2.36. The maximum absolute atomic E-state index is 5.72. The summed E-state index contributed by atoms with van der Waals surface area (Å²) >= 11 is 3.59. The number of rotatable bonds is 4. The second kappa shape index (κ2) is 5.93. The van der Waals surface area contributed by atoms with Crippen LogP contribution in [0.25, 0.3) is 10.8 Å². The van der Waals surface area contributed by atoms with Crippen molar-refractivity contribution >= 4 is 32.4 Å². The summed E-state index contributed by atoms with van der Waals surface area (Å²) in [6.45, 7) is 7.73. The van der Waals surface area contributed by atoms with Crippen LogP contribution in [0, 0.1) is 0 Å². The minimum atomic E-state index is -0.0799. The van der Waals surface area contributed by atoms with Crippen molar-refractivity contribution in [2.45, 2.75) is 26.4 Å². The van der Waals surface area contributed by atoms with E-state index in [9.17, 15) is 0 Å². The van der Waals surface area contributed by atoms with E-state index in [0.29, 0.717) is 6.61 Å². The molecule has 2 nitrogen and oxygen atoms in total. The summed E-state index contributed by atoms with van der Waals surface area (Å²) in [5.74, 6) is 0. The van der Waals surface area contributed by atoms with E-state index in [0.717, 1.165) is 16.7 Å². The van der Waals surface area contributed by atoms with Gasteiger partial charge in [0.25, 0.3) is 0 Å². The van der Waals surface area contributed by atoms with Gasteiger partial charge in [0.15, 0.2) is 0 Å². The normalized spacial score (nSPS) is 11.8. The highest BCUT2D eigenvalue weighted by Crippen LogP contribution is 2.29. The summed E-state index contributed by atoms with van der Waals surface area (Å²) in [5.41, 5.74) is 1.07. The fourth-order valence-corrected chi connectivity index (χ4v) is 2.44. The summed E-state index contributed by atoms with van der Waals surface area (Å²) in [6.07, 6.45) is 0. The number of hydrogen-bond acceptors (Lipinski definition) is 2. The van der Waals surface area contributed by atoms with Crippen molar-refractivity contribution in [3.63, 3.8) is 0 Å². The van der Waals surface area contributed by atoms with Gasteiger partial charge in [-0.1, -0.05) is 40.2 Å². The lowest BCUT2D eigenvalue weighted by Crippen LogP contribution is -2.23. The van der Waals surface area contributed by atoms with Crippen molar-refractivity contribution in [1.82, 2.24) is 0 Å². The standard InChI is InChI=1S/C16H20BrNO/c1-16(2,3)19-11-10-18-15-9-8-14(17)12-6-4-5-7-13(12)15/h4-9,18H,10-11H2,1-3H3. The van der Waals surface area contributed by atoms with E-state index in [-0.39, 0.29) is 5.60 Å². The maximum Gasteiger partial charge on any atom is 0.0646 e. The van der Waals surface area contributed by atoms with Crippen molar-refractivity contribution in [1.29, 1.82) is 0 Å². The van der Waals surface area contributed by atoms with Crippen molar-refractivity contribution in [2.24, 2.45) is 0 Å². The van der Waals surface area contributed by atoms with E-state index in [4.69, 9.17) is 4.74 Å². The molecule has 0 saturated heterocycles. The quantitative estimate of drug-likeness (QED) is 0.814. The highest BCUT2D eigenvalue weighted by molar-refractivity contribution is 9.10. The lowest BCUT2D eigenvalue weighted by atomic mass is 10.1. The molecule has 0 aromatic heterocycles. The first-order chi connectivity index (χ1) is 8.97. The summed E-state index contributed by atoms with van der Waals surface area (Å²) in [4.78, 5) is 0. The number of anilines is 1. The molecule has 19 heavy (non-hydrogen) atoms. The predicted octanol–water partition coefficient (Wildman–Crippen LogP) is 4.83. The zero-order chi connectivity index (χ0) is 13.9. The van der Waals surface area contributed by atoms with Gasteiger partial charge in [-0.05, 0) is 38.3 Å². The maximum atomic E-state index is 5.72. The van der Waals surface area contributed by atoms with E-state index < -0.39 is 0 Å². The Hall–Kier alpha value is -1.06. The van der Waals surface area contributed by atoms with Gasteiger partial charge in [-0.3, -0.25) is 0 Å². The highest BCUT2D eigenvalue weighted by atomic mass is 79.9. The Bertz CT molecular complexity index is 560. The van der Waals surface area contributed by atoms with Crippen LogP contribution >= 0.6 is 15.9 Å². The first-order valence-corrected chi connectivity index (χ1v) is 7.32. The van der Waals surface area contributed by atoms with E-state index in [1.165, 1.54) is 10.8 Å². The van der Waals surface area contributed by atoms with E-state index in [2.05, 4.69) is 78.4 Å². The molecule has 0 aliphatic carbocycles. The van der Waals surface area contributed by atoms with Crippen LogP contribution in [0.3, 0.4) is 0 Å². The molecule has 0 heterocycles. The molecular formula is C16H20BrNO. The number of hydrogen-bond donors (Lipinski definition) is 1. The molecule has 0 fully saturated rings. The Morgan fingerprint density at radius 3 is 2.42 bits per heavy atom. The van der Waals surface area contributed by atoms with Crippen molar-refractivity contribution < 1.29 is 4.74 Å². The minimum Gasteiger partial charge on any atom is -0.382 e. The SMILES string of the molecule is CC(C)(C)OCCNc1ccc(Br)c2ccccc12. The molecule has 102 valence electrons. The molecule has 0 unspecified atom stereocenters. The van der Waals surface area contributed by atoms with Crippen LogP contribution in [0.4, 0.5) is 5.69 Å². The van der Waals surface area contributed by atoms with E-state index in [1.807, 2.05) is 0 Å². The molecule has 0 radical (unpaired) electrons. The second-order valence-electron chi connectivity index (χ2n) is 5.53. The summed E-state index contributed by atoms with van der Waals surface area (Å²) in [5, 5.41) is 5.90. The molecule has 0 atom stereocenters.